The van der Waals surface area contributed by atoms with Gasteiger partial charge in [0, 0.05) is 25.7 Å². The lowest BCUT2D eigenvalue weighted by Crippen LogP contribution is -2.26. The normalized spacial score (nSPS) is 10.5. The summed E-state index contributed by atoms with van der Waals surface area (Å²) in [6.07, 6.45) is 7.92. The van der Waals surface area contributed by atoms with Crippen molar-refractivity contribution in [2.45, 2.75) is 58.4 Å². The molecule has 1 amide bonds. The fourth-order valence-electron chi connectivity index (χ4n) is 2.27. The topological polar surface area (TPSA) is 46.3 Å². The summed E-state index contributed by atoms with van der Waals surface area (Å²) in [5.74, 6) is 0.212. The summed E-state index contributed by atoms with van der Waals surface area (Å²) in [7, 11) is 1.85. The Bertz CT molecular complexity index is 404. The molecular weight excluding hydrogens is 248 g/mol. The van der Waals surface area contributed by atoms with Crippen LogP contribution in [-0.4, -0.2) is 17.9 Å². The minimum atomic E-state index is 0.212. The van der Waals surface area contributed by atoms with Gasteiger partial charge >= 0.3 is 0 Å². The first kappa shape index (κ1) is 16.5. The molecule has 0 aromatic heterocycles. The molecule has 0 heterocycles. The molecule has 0 fully saturated rings. The maximum absolute atomic E-state index is 12.0. The molecule has 0 spiro atoms. The van der Waals surface area contributed by atoms with Crippen molar-refractivity contribution in [3.05, 3.63) is 29.8 Å². The summed E-state index contributed by atoms with van der Waals surface area (Å²) >= 11 is 0. The van der Waals surface area contributed by atoms with Gasteiger partial charge in [0.15, 0.2) is 0 Å². The minimum absolute atomic E-state index is 0.212. The summed E-state index contributed by atoms with van der Waals surface area (Å²) in [4.78, 5) is 13.8. The molecule has 20 heavy (non-hydrogen) atoms. The highest BCUT2D eigenvalue weighted by Gasteiger charge is 2.10. The van der Waals surface area contributed by atoms with E-state index in [0.29, 0.717) is 13.0 Å². The Hall–Kier alpha value is -1.51. The highest BCUT2D eigenvalue weighted by atomic mass is 16.2. The Labute approximate surface area is 123 Å². The van der Waals surface area contributed by atoms with Crippen molar-refractivity contribution in [1.29, 1.82) is 0 Å². The summed E-state index contributed by atoms with van der Waals surface area (Å²) in [5.41, 5.74) is 7.68. The standard InChI is InChI=1S/C17H28N2O/c1-3-4-5-6-7-8-13-17(20)19(2)14-15-11-9-10-12-16(15)18/h9-12H,3-8,13-14,18H2,1-2H3. The summed E-state index contributed by atoms with van der Waals surface area (Å²) in [5, 5.41) is 0. The van der Waals surface area contributed by atoms with E-state index < -0.39 is 0 Å². The van der Waals surface area contributed by atoms with Crippen molar-refractivity contribution in [3.63, 3.8) is 0 Å². The van der Waals surface area contributed by atoms with E-state index in [4.69, 9.17) is 5.73 Å². The van der Waals surface area contributed by atoms with Crippen molar-refractivity contribution in [1.82, 2.24) is 4.90 Å². The van der Waals surface area contributed by atoms with Crippen LogP contribution in [0.4, 0.5) is 5.69 Å². The molecule has 0 aliphatic carbocycles. The maximum atomic E-state index is 12.0. The lowest BCUT2D eigenvalue weighted by Gasteiger charge is -2.18. The van der Waals surface area contributed by atoms with Crippen LogP contribution in [0.15, 0.2) is 24.3 Å². The van der Waals surface area contributed by atoms with E-state index in [-0.39, 0.29) is 5.91 Å². The van der Waals surface area contributed by atoms with Crippen LogP contribution in [0.5, 0.6) is 0 Å². The summed E-state index contributed by atoms with van der Waals surface area (Å²) in [6.45, 7) is 2.81. The molecule has 0 saturated heterocycles. The van der Waals surface area contributed by atoms with Crippen LogP contribution in [-0.2, 0) is 11.3 Å². The van der Waals surface area contributed by atoms with Gasteiger partial charge in [0.2, 0.25) is 5.91 Å². The average Bonchev–Trinajstić information content (AvgIpc) is 2.44. The first-order chi connectivity index (χ1) is 9.65. The van der Waals surface area contributed by atoms with Gasteiger partial charge in [0.1, 0.15) is 0 Å². The van der Waals surface area contributed by atoms with Crippen LogP contribution in [0.1, 0.15) is 57.4 Å². The second kappa shape index (κ2) is 9.40. The van der Waals surface area contributed by atoms with Gasteiger partial charge in [0.05, 0.1) is 0 Å². The Kier molecular flexibility index (Phi) is 7.78. The molecule has 3 heteroatoms. The smallest absolute Gasteiger partial charge is 0.222 e. The zero-order chi connectivity index (χ0) is 14.8. The Morgan fingerprint density at radius 3 is 2.45 bits per heavy atom. The van der Waals surface area contributed by atoms with Crippen LogP contribution < -0.4 is 5.73 Å². The molecule has 112 valence electrons. The molecule has 0 aliphatic heterocycles. The molecule has 0 atom stereocenters. The van der Waals surface area contributed by atoms with Crippen molar-refractivity contribution in [2.24, 2.45) is 0 Å². The molecule has 1 aromatic carbocycles. The molecular formula is C17H28N2O. The predicted molar refractivity (Wildman–Crippen MR) is 85.3 cm³/mol. The minimum Gasteiger partial charge on any atom is -0.398 e. The second-order valence-electron chi connectivity index (χ2n) is 5.47. The van der Waals surface area contributed by atoms with Crippen LogP contribution in [0.25, 0.3) is 0 Å². The number of carbonyl (C=O) groups excluding carboxylic acids is 1. The van der Waals surface area contributed by atoms with Gasteiger partial charge in [-0.1, -0.05) is 57.2 Å². The van der Waals surface area contributed by atoms with Gasteiger partial charge in [-0.15, -0.1) is 0 Å². The Morgan fingerprint density at radius 1 is 1.10 bits per heavy atom. The fourth-order valence-corrected chi connectivity index (χ4v) is 2.27. The molecule has 0 aliphatic rings. The largest absolute Gasteiger partial charge is 0.398 e. The molecule has 1 rings (SSSR count). The van der Waals surface area contributed by atoms with Gasteiger partial charge in [-0.25, -0.2) is 0 Å². The van der Waals surface area contributed by atoms with E-state index in [1.807, 2.05) is 31.3 Å². The third-order valence-corrected chi connectivity index (χ3v) is 3.63. The Morgan fingerprint density at radius 2 is 1.75 bits per heavy atom. The van der Waals surface area contributed by atoms with Gasteiger partial charge in [-0.3, -0.25) is 4.79 Å². The van der Waals surface area contributed by atoms with E-state index in [9.17, 15) is 4.79 Å². The van der Waals surface area contributed by atoms with E-state index in [1.54, 1.807) is 4.90 Å². The lowest BCUT2D eigenvalue weighted by atomic mass is 10.1. The van der Waals surface area contributed by atoms with Crippen LogP contribution in [0.2, 0.25) is 0 Å². The monoisotopic (exact) mass is 276 g/mol. The number of anilines is 1. The number of rotatable bonds is 9. The quantitative estimate of drug-likeness (QED) is 0.548. The summed E-state index contributed by atoms with van der Waals surface area (Å²) in [6, 6.07) is 7.72. The van der Waals surface area contributed by atoms with E-state index in [1.165, 1.54) is 25.7 Å². The van der Waals surface area contributed by atoms with Crippen molar-refractivity contribution >= 4 is 11.6 Å². The Balaban J connectivity index is 2.24. The van der Waals surface area contributed by atoms with Crippen LogP contribution >= 0.6 is 0 Å². The predicted octanol–water partition coefficient (Wildman–Crippen LogP) is 3.98. The number of hydrogen-bond acceptors (Lipinski definition) is 2. The molecule has 0 radical (unpaired) electrons. The molecule has 0 bridgehead atoms. The second-order valence-corrected chi connectivity index (χ2v) is 5.47. The van der Waals surface area contributed by atoms with Gasteiger partial charge < -0.3 is 10.6 Å². The molecule has 1 aromatic rings. The number of nitrogen functional groups attached to an aromatic ring is 1. The molecule has 2 N–H and O–H groups in total. The third-order valence-electron chi connectivity index (χ3n) is 3.63. The number of carbonyl (C=O) groups is 1. The highest BCUT2D eigenvalue weighted by molar-refractivity contribution is 5.76. The number of amides is 1. The molecule has 0 unspecified atom stereocenters. The first-order valence-corrected chi connectivity index (χ1v) is 7.72. The summed E-state index contributed by atoms with van der Waals surface area (Å²) < 4.78 is 0. The van der Waals surface area contributed by atoms with Crippen LogP contribution in [0, 0.1) is 0 Å². The van der Waals surface area contributed by atoms with Crippen LogP contribution in [0.3, 0.4) is 0 Å². The number of benzene rings is 1. The molecule has 3 nitrogen and oxygen atoms in total. The molecule has 0 saturated carbocycles. The van der Waals surface area contributed by atoms with Gasteiger partial charge in [-0.2, -0.15) is 0 Å². The van der Waals surface area contributed by atoms with Gasteiger partial charge in [-0.05, 0) is 18.1 Å². The van der Waals surface area contributed by atoms with E-state index in [2.05, 4.69) is 6.92 Å². The lowest BCUT2D eigenvalue weighted by molar-refractivity contribution is -0.130. The zero-order valence-electron chi connectivity index (χ0n) is 12.9. The number of para-hydroxylation sites is 1. The van der Waals surface area contributed by atoms with Crippen molar-refractivity contribution in [3.8, 4) is 0 Å². The number of hydrogen-bond donors (Lipinski definition) is 1. The zero-order valence-corrected chi connectivity index (χ0v) is 12.9. The highest BCUT2D eigenvalue weighted by Crippen LogP contribution is 2.14. The van der Waals surface area contributed by atoms with E-state index >= 15 is 0 Å². The fraction of sp³-hybridized carbons (Fsp3) is 0.588. The third kappa shape index (κ3) is 6.09. The van der Waals surface area contributed by atoms with E-state index in [0.717, 1.165) is 24.1 Å². The number of nitrogens with zero attached hydrogens (tertiary/aromatic N) is 1. The van der Waals surface area contributed by atoms with Crippen molar-refractivity contribution < 1.29 is 4.79 Å². The van der Waals surface area contributed by atoms with Gasteiger partial charge in [0.25, 0.3) is 0 Å². The average molecular weight is 276 g/mol. The number of unbranched alkanes of at least 4 members (excludes halogenated alkanes) is 5. The first-order valence-electron chi connectivity index (χ1n) is 7.72. The number of nitrogens with two attached hydrogens (primary N) is 1. The van der Waals surface area contributed by atoms with Crippen molar-refractivity contribution in [2.75, 3.05) is 12.8 Å². The SMILES string of the molecule is CCCCCCCCC(=O)N(C)Cc1ccccc1N. The maximum Gasteiger partial charge on any atom is 0.222 e.